The summed E-state index contributed by atoms with van der Waals surface area (Å²) in [7, 11) is 1.56. The van der Waals surface area contributed by atoms with Gasteiger partial charge in [-0.25, -0.2) is 0 Å². The Labute approximate surface area is 154 Å². The highest BCUT2D eigenvalue weighted by Crippen LogP contribution is 2.44. The average Bonchev–Trinajstić information content (AvgIpc) is 2.74. The van der Waals surface area contributed by atoms with E-state index in [1.54, 1.807) is 7.11 Å². The number of hydrogen-bond acceptors (Lipinski definition) is 5. The Balaban J connectivity index is 1.72. The molecule has 0 spiro atoms. The predicted octanol–water partition coefficient (Wildman–Crippen LogP) is 4.05. The lowest BCUT2D eigenvalue weighted by Gasteiger charge is -2.32. The van der Waals surface area contributed by atoms with Crippen LogP contribution in [0.3, 0.4) is 0 Å². The fourth-order valence-corrected chi connectivity index (χ4v) is 3.39. The molecule has 0 bridgehead atoms. The molecule has 0 atom stereocenters. The molecule has 0 N–H and O–H groups in total. The van der Waals surface area contributed by atoms with Crippen molar-refractivity contribution in [2.75, 3.05) is 27.1 Å². The number of hydrogen-bond donors (Lipinski definition) is 0. The minimum absolute atomic E-state index is 0.00109. The summed E-state index contributed by atoms with van der Waals surface area (Å²) in [5.41, 5.74) is -0.477. The van der Waals surface area contributed by atoms with Gasteiger partial charge in [-0.2, -0.15) is 0 Å². The van der Waals surface area contributed by atoms with Crippen LogP contribution in [0.2, 0.25) is 5.82 Å². The van der Waals surface area contributed by atoms with Crippen molar-refractivity contribution in [3.8, 4) is 0 Å². The van der Waals surface area contributed by atoms with Crippen LogP contribution in [0.25, 0.3) is 0 Å². The maximum atomic E-state index is 6.22. The average molecular weight is 356 g/mol. The summed E-state index contributed by atoms with van der Waals surface area (Å²) in [6.45, 7) is 14.5. The van der Waals surface area contributed by atoms with Crippen LogP contribution in [0.1, 0.15) is 67.2 Å². The normalized spacial score (nSPS) is 29.2. The van der Waals surface area contributed by atoms with Crippen molar-refractivity contribution in [3.05, 3.63) is 0 Å². The highest BCUT2D eigenvalue weighted by Gasteiger charge is 2.53. The first kappa shape index (κ1) is 21.2. The Hall–Kier alpha value is -0.135. The van der Waals surface area contributed by atoms with E-state index in [-0.39, 0.29) is 23.7 Å². The summed E-state index contributed by atoms with van der Waals surface area (Å²) in [6.07, 6.45) is 4.68. The van der Waals surface area contributed by atoms with Crippen LogP contribution >= 0.6 is 0 Å². The van der Waals surface area contributed by atoms with Crippen LogP contribution < -0.4 is 0 Å². The van der Waals surface area contributed by atoms with Crippen molar-refractivity contribution in [3.63, 3.8) is 0 Å². The largest absolute Gasteiger partial charge is 0.461 e. The van der Waals surface area contributed by atoms with E-state index in [1.807, 2.05) is 0 Å². The maximum absolute atomic E-state index is 6.22. The van der Waals surface area contributed by atoms with Crippen molar-refractivity contribution in [1.82, 2.24) is 0 Å². The summed E-state index contributed by atoms with van der Waals surface area (Å²) < 4.78 is 29.0. The van der Waals surface area contributed by atoms with E-state index >= 15 is 0 Å². The van der Waals surface area contributed by atoms with Gasteiger partial charge in [0.15, 0.2) is 0 Å². The fourth-order valence-electron chi connectivity index (χ4n) is 3.39. The molecular formula is C19H37BO5. The van der Waals surface area contributed by atoms with Gasteiger partial charge >= 0.3 is 7.12 Å². The summed E-state index contributed by atoms with van der Waals surface area (Å²) in [5, 5.41) is 0. The predicted molar refractivity (Wildman–Crippen MR) is 99.6 cm³/mol. The van der Waals surface area contributed by atoms with Gasteiger partial charge in [0.05, 0.1) is 30.5 Å². The second-order valence-corrected chi connectivity index (χ2v) is 9.39. The molecule has 2 rings (SSSR count). The SMILES string of the molecule is COCOCC(C)(C)COC1CCC(B2OC(C)(C)C(C)(C)O2)CC1. The third-order valence-corrected chi connectivity index (χ3v) is 5.78. The van der Waals surface area contributed by atoms with Crippen molar-refractivity contribution in [2.24, 2.45) is 5.41 Å². The lowest BCUT2D eigenvalue weighted by molar-refractivity contribution is -0.0878. The van der Waals surface area contributed by atoms with Gasteiger partial charge in [0.2, 0.25) is 0 Å². The Morgan fingerprint density at radius 2 is 1.52 bits per heavy atom. The molecular weight excluding hydrogens is 319 g/mol. The monoisotopic (exact) mass is 356 g/mol. The Morgan fingerprint density at radius 3 is 2.04 bits per heavy atom. The molecule has 1 heterocycles. The third-order valence-electron chi connectivity index (χ3n) is 5.78. The molecule has 1 saturated heterocycles. The molecule has 6 heteroatoms. The minimum atomic E-state index is -0.239. The quantitative estimate of drug-likeness (QED) is 0.373. The first-order valence-electron chi connectivity index (χ1n) is 9.60. The molecule has 0 aromatic rings. The van der Waals surface area contributed by atoms with E-state index in [2.05, 4.69) is 41.5 Å². The maximum Gasteiger partial charge on any atom is 0.461 e. The zero-order valence-electron chi connectivity index (χ0n) is 17.2. The molecule has 1 aliphatic carbocycles. The topological polar surface area (TPSA) is 46.2 Å². The molecule has 2 aliphatic rings. The standard InChI is InChI=1S/C19H37BO5/c1-17(2,12-22-14-21-7)13-23-16-10-8-15(9-11-16)20-24-18(3,4)19(5,6)25-20/h15-16H,8-14H2,1-7H3. The summed E-state index contributed by atoms with van der Waals surface area (Å²) in [5.74, 6) is 0.471. The van der Waals surface area contributed by atoms with E-state index in [0.29, 0.717) is 31.9 Å². The van der Waals surface area contributed by atoms with Crippen LogP contribution in [-0.4, -0.2) is 51.5 Å². The van der Waals surface area contributed by atoms with Gasteiger partial charge in [0.25, 0.3) is 0 Å². The Bertz CT molecular complexity index is 400. The molecule has 1 aliphatic heterocycles. The first-order chi connectivity index (χ1) is 11.6. The van der Waals surface area contributed by atoms with Crippen LogP contribution in [0.15, 0.2) is 0 Å². The molecule has 0 unspecified atom stereocenters. The zero-order valence-corrected chi connectivity index (χ0v) is 17.2. The summed E-state index contributed by atoms with van der Waals surface area (Å²) in [6, 6.07) is 0. The molecule has 0 aromatic carbocycles. The van der Waals surface area contributed by atoms with Gasteiger partial charge in [-0.3, -0.25) is 0 Å². The van der Waals surface area contributed by atoms with E-state index in [9.17, 15) is 0 Å². The number of ether oxygens (including phenoxy) is 3. The molecule has 0 aromatic heterocycles. The molecule has 0 amide bonds. The lowest BCUT2D eigenvalue weighted by atomic mass is 9.64. The van der Waals surface area contributed by atoms with Crippen molar-refractivity contribution >= 4 is 7.12 Å². The van der Waals surface area contributed by atoms with Crippen LogP contribution in [-0.2, 0) is 23.5 Å². The lowest BCUT2D eigenvalue weighted by Crippen LogP contribution is -2.41. The van der Waals surface area contributed by atoms with Crippen LogP contribution in [0.5, 0.6) is 0 Å². The highest BCUT2D eigenvalue weighted by molar-refractivity contribution is 6.47. The van der Waals surface area contributed by atoms with Gasteiger partial charge in [-0.05, 0) is 59.2 Å². The van der Waals surface area contributed by atoms with E-state index in [0.717, 1.165) is 25.7 Å². The summed E-state index contributed by atoms with van der Waals surface area (Å²) in [4.78, 5) is 0. The highest BCUT2D eigenvalue weighted by atomic mass is 16.7. The zero-order chi connectivity index (χ0) is 18.7. The molecule has 5 nitrogen and oxygen atoms in total. The number of methoxy groups -OCH3 is 1. The minimum Gasteiger partial charge on any atom is -0.403 e. The molecule has 25 heavy (non-hydrogen) atoms. The first-order valence-corrected chi connectivity index (χ1v) is 9.60. The Kier molecular flexibility index (Phi) is 6.99. The van der Waals surface area contributed by atoms with Crippen LogP contribution in [0.4, 0.5) is 0 Å². The van der Waals surface area contributed by atoms with Crippen molar-refractivity contribution in [2.45, 2.75) is 90.3 Å². The van der Waals surface area contributed by atoms with E-state index in [1.165, 1.54) is 0 Å². The second-order valence-electron chi connectivity index (χ2n) is 9.39. The molecule has 146 valence electrons. The van der Waals surface area contributed by atoms with Crippen molar-refractivity contribution < 1.29 is 23.5 Å². The molecule has 1 saturated carbocycles. The third kappa shape index (κ3) is 5.67. The summed E-state index contributed by atoms with van der Waals surface area (Å²) >= 11 is 0. The molecule has 2 fully saturated rings. The van der Waals surface area contributed by atoms with Gasteiger partial charge in [-0.15, -0.1) is 0 Å². The van der Waals surface area contributed by atoms with E-state index in [4.69, 9.17) is 23.5 Å². The fraction of sp³-hybridized carbons (Fsp3) is 1.00. The molecule has 0 radical (unpaired) electrons. The van der Waals surface area contributed by atoms with E-state index < -0.39 is 0 Å². The smallest absolute Gasteiger partial charge is 0.403 e. The van der Waals surface area contributed by atoms with Crippen LogP contribution in [0, 0.1) is 5.41 Å². The van der Waals surface area contributed by atoms with Gasteiger partial charge in [-0.1, -0.05) is 13.8 Å². The van der Waals surface area contributed by atoms with Gasteiger partial charge < -0.3 is 23.5 Å². The second kappa shape index (κ2) is 8.26. The van der Waals surface area contributed by atoms with Crippen molar-refractivity contribution in [1.29, 1.82) is 0 Å². The van der Waals surface area contributed by atoms with Gasteiger partial charge in [0, 0.05) is 12.5 Å². The number of rotatable bonds is 8. The van der Waals surface area contributed by atoms with Gasteiger partial charge in [0.1, 0.15) is 6.79 Å². The Morgan fingerprint density at radius 1 is 0.960 bits per heavy atom.